The van der Waals surface area contributed by atoms with Gasteiger partial charge in [0, 0.05) is 0 Å². The van der Waals surface area contributed by atoms with E-state index in [0.29, 0.717) is 0 Å². The highest BCUT2D eigenvalue weighted by molar-refractivity contribution is 5.55. The van der Waals surface area contributed by atoms with Crippen LogP contribution in [0.5, 0.6) is 0 Å². The number of terminal acetylenes is 1. The number of unbranched alkanes of at least 4 members (excludes halogenated alkanes) is 1. The maximum Gasteiger partial charge on any atom is -0.00549 e. The molecule has 0 amide bonds. The zero-order chi connectivity index (χ0) is 19.4. The molecule has 1 atom stereocenters. The molecule has 2 bridgehead atoms. The lowest BCUT2D eigenvalue weighted by molar-refractivity contribution is 0.580. The van der Waals surface area contributed by atoms with Gasteiger partial charge in [0.15, 0.2) is 0 Å². The lowest BCUT2D eigenvalue weighted by Crippen LogP contribution is -2.15. The highest BCUT2D eigenvalue weighted by atomic mass is 14.3. The van der Waals surface area contributed by atoms with Gasteiger partial charge in [-0.15, -0.1) is 12.8 Å². The average molecular weight is 347 g/mol. The number of hydrogen-bond acceptors (Lipinski definition) is 0. The molecule has 138 valence electrons. The van der Waals surface area contributed by atoms with Gasteiger partial charge in [-0.1, -0.05) is 86.9 Å². The van der Waals surface area contributed by atoms with Gasteiger partial charge in [0.2, 0.25) is 0 Å². The summed E-state index contributed by atoms with van der Waals surface area (Å²) in [6.07, 6.45) is 25.6. The van der Waals surface area contributed by atoms with Crippen LogP contribution >= 0.6 is 0 Å². The minimum Gasteiger partial charge on any atom is -0.124 e. The Balaban J connectivity index is 0.000000500. The minimum absolute atomic E-state index is 0.720. The third-order valence-corrected chi connectivity index (χ3v) is 4.93. The molecule has 0 aliphatic heterocycles. The number of hydrogen-bond donors (Lipinski definition) is 0. The SMILES string of the molecule is C#C.C/C=C\c1ccccc1CC1=CC(C)=C2C=CCC1C2.CCCC. The van der Waals surface area contributed by atoms with Crippen LogP contribution in [0.2, 0.25) is 0 Å². The van der Waals surface area contributed by atoms with E-state index in [1.165, 1.54) is 48.0 Å². The van der Waals surface area contributed by atoms with Crippen LogP contribution in [0.25, 0.3) is 6.08 Å². The molecule has 1 unspecified atom stereocenters. The third kappa shape index (κ3) is 6.23. The summed E-state index contributed by atoms with van der Waals surface area (Å²) < 4.78 is 0. The summed E-state index contributed by atoms with van der Waals surface area (Å²) >= 11 is 0. The molecule has 2 aliphatic rings. The molecule has 2 aliphatic carbocycles. The van der Waals surface area contributed by atoms with Crippen molar-refractivity contribution in [3.8, 4) is 12.8 Å². The predicted molar refractivity (Wildman–Crippen MR) is 118 cm³/mol. The molecule has 3 rings (SSSR count). The summed E-state index contributed by atoms with van der Waals surface area (Å²) in [4.78, 5) is 0. The van der Waals surface area contributed by atoms with E-state index in [4.69, 9.17) is 0 Å². The van der Waals surface area contributed by atoms with Gasteiger partial charge in [0.1, 0.15) is 0 Å². The predicted octanol–water partition coefficient (Wildman–Crippen LogP) is 7.54. The maximum absolute atomic E-state index is 4.00. The van der Waals surface area contributed by atoms with Crippen molar-refractivity contribution in [1.82, 2.24) is 0 Å². The van der Waals surface area contributed by atoms with Crippen LogP contribution in [-0.4, -0.2) is 0 Å². The van der Waals surface area contributed by atoms with Gasteiger partial charge in [0.05, 0.1) is 0 Å². The Morgan fingerprint density at radius 2 is 1.81 bits per heavy atom. The summed E-state index contributed by atoms with van der Waals surface area (Å²) in [7, 11) is 0. The van der Waals surface area contributed by atoms with Crippen LogP contribution in [0, 0.1) is 18.8 Å². The molecule has 0 saturated heterocycles. The van der Waals surface area contributed by atoms with E-state index in [0.717, 1.165) is 12.3 Å². The first-order valence-electron chi connectivity index (χ1n) is 9.80. The molecule has 0 N–H and O–H groups in total. The van der Waals surface area contributed by atoms with Crippen LogP contribution in [0.1, 0.15) is 64.5 Å². The Morgan fingerprint density at radius 3 is 2.46 bits per heavy atom. The summed E-state index contributed by atoms with van der Waals surface area (Å²) in [6, 6.07) is 8.76. The van der Waals surface area contributed by atoms with Gasteiger partial charge >= 0.3 is 0 Å². The fourth-order valence-electron chi connectivity index (χ4n) is 3.31. The normalized spacial score (nSPS) is 17.8. The van der Waals surface area contributed by atoms with Crippen molar-refractivity contribution in [2.45, 2.75) is 59.8 Å². The molecule has 1 aromatic carbocycles. The topological polar surface area (TPSA) is 0 Å². The second kappa shape index (κ2) is 12.2. The zero-order valence-electron chi connectivity index (χ0n) is 17.0. The van der Waals surface area contributed by atoms with Crippen molar-refractivity contribution in [3.05, 3.63) is 76.4 Å². The first-order chi connectivity index (χ1) is 12.7. The average Bonchev–Trinajstić information content (AvgIpc) is 2.70. The fourth-order valence-corrected chi connectivity index (χ4v) is 3.31. The van der Waals surface area contributed by atoms with E-state index in [-0.39, 0.29) is 0 Å². The van der Waals surface area contributed by atoms with Crippen LogP contribution in [0.3, 0.4) is 0 Å². The lowest BCUT2D eigenvalue weighted by atomic mass is 9.76. The Kier molecular flexibility index (Phi) is 10.2. The van der Waals surface area contributed by atoms with Gasteiger partial charge < -0.3 is 0 Å². The molecule has 0 heteroatoms. The summed E-state index contributed by atoms with van der Waals surface area (Å²) in [5.41, 5.74) is 7.40. The van der Waals surface area contributed by atoms with Crippen molar-refractivity contribution >= 4 is 6.08 Å². The number of rotatable bonds is 4. The summed E-state index contributed by atoms with van der Waals surface area (Å²) in [6.45, 7) is 8.70. The third-order valence-electron chi connectivity index (χ3n) is 4.93. The molecular weight excluding hydrogens is 312 g/mol. The van der Waals surface area contributed by atoms with E-state index in [1.807, 2.05) is 0 Å². The highest BCUT2D eigenvalue weighted by Gasteiger charge is 2.22. The molecule has 0 aromatic heterocycles. The van der Waals surface area contributed by atoms with Gasteiger partial charge in [-0.3, -0.25) is 0 Å². The highest BCUT2D eigenvalue weighted by Crippen LogP contribution is 2.37. The zero-order valence-corrected chi connectivity index (χ0v) is 17.0. The van der Waals surface area contributed by atoms with Crippen LogP contribution in [-0.2, 0) is 6.42 Å². The standard InChI is InChI=1S/C20H22.C4H10.C2H2/c1-3-7-16-8-4-5-9-18(16)14-20-12-15(2)17-10-6-11-19(20)13-17;1-3-4-2;1-2/h3-10,12,19H,11,13-14H2,1-2H3;3-4H2,1-2H3;1-2H/b7-3-;;. The fraction of sp³-hybridized carbons (Fsp3) is 0.385. The Labute approximate surface area is 161 Å². The van der Waals surface area contributed by atoms with Crippen molar-refractivity contribution in [2.75, 3.05) is 0 Å². The quantitative estimate of drug-likeness (QED) is 0.494. The molecule has 26 heavy (non-hydrogen) atoms. The Hall–Kier alpha value is -2.26. The maximum atomic E-state index is 4.00. The second-order valence-corrected chi connectivity index (χ2v) is 6.84. The second-order valence-electron chi connectivity index (χ2n) is 6.84. The van der Waals surface area contributed by atoms with Gasteiger partial charge in [-0.05, 0) is 61.3 Å². The van der Waals surface area contributed by atoms with Crippen molar-refractivity contribution < 1.29 is 0 Å². The van der Waals surface area contributed by atoms with E-state index in [2.05, 4.69) is 95.2 Å². The number of benzene rings is 1. The first-order valence-corrected chi connectivity index (χ1v) is 9.80. The van der Waals surface area contributed by atoms with E-state index in [1.54, 1.807) is 5.57 Å². The Morgan fingerprint density at radius 1 is 1.12 bits per heavy atom. The van der Waals surface area contributed by atoms with Crippen LogP contribution < -0.4 is 0 Å². The number of fused-ring (bicyclic) bond motifs is 2. The minimum atomic E-state index is 0.720. The van der Waals surface area contributed by atoms with E-state index in [9.17, 15) is 0 Å². The summed E-state index contributed by atoms with van der Waals surface area (Å²) in [5.74, 6) is 0.720. The lowest BCUT2D eigenvalue weighted by Gasteiger charge is -2.29. The van der Waals surface area contributed by atoms with Crippen LogP contribution in [0.4, 0.5) is 0 Å². The van der Waals surface area contributed by atoms with E-state index >= 15 is 0 Å². The molecule has 0 radical (unpaired) electrons. The molecule has 0 saturated carbocycles. The molecular formula is C26H34. The monoisotopic (exact) mass is 346 g/mol. The van der Waals surface area contributed by atoms with Gasteiger partial charge in [0.25, 0.3) is 0 Å². The van der Waals surface area contributed by atoms with Crippen LogP contribution in [0.15, 0.2) is 65.3 Å². The molecule has 1 aromatic rings. The molecule has 0 spiro atoms. The van der Waals surface area contributed by atoms with Crippen molar-refractivity contribution in [1.29, 1.82) is 0 Å². The molecule has 0 fully saturated rings. The number of allylic oxidation sites excluding steroid dienone is 7. The van der Waals surface area contributed by atoms with E-state index < -0.39 is 0 Å². The largest absolute Gasteiger partial charge is 0.124 e. The summed E-state index contributed by atoms with van der Waals surface area (Å²) in [5, 5.41) is 0. The van der Waals surface area contributed by atoms with Gasteiger partial charge in [-0.2, -0.15) is 0 Å². The van der Waals surface area contributed by atoms with Gasteiger partial charge in [-0.25, -0.2) is 0 Å². The smallest absolute Gasteiger partial charge is 0.00549 e. The van der Waals surface area contributed by atoms with Crippen molar-refractivity contribution in [2.24, 2.45) is 5.92 Å². The van der Waals surface area contributed by atoms with Crippen molar-refractivity contribution in [3.63, 3.8) is 0 Å². The molecule has 0 nitrogen and oxygen atoms in total. The Bertz CT molecular complexity index is 690. The first kappa shape index (κ1) is 21.8. The molecule has 0 heterocycles.